The number of imidazole rings is 1. The first kappa shape index (κ1) is 16.4. The Morgan fingerprint density at radius 2 is 1.93 bits per heavy atom. The second kappa shape index (κ2) is 6.73. The fourth-order valence-electron chi connectivity index (χ4n) is 3.26. The van der Waals surface area contributed by atoms with Gasteiger partial charge in [0.2, 0.25) is 5.89 Å². The Hall–Kier alpha value is -3.81. The molecule has 4 aromatic rings. The lowest BCUT2D eigenvalue weighted by molar-refractivity contribution is 0.0998. The van der Waals surface area contributed by atoms with Crippen LogP contribution in [0.2, 0.25) is 0 Å². The summed E-state index contributed by atoms with van der Waals surface area (Å²) in [4.78, 5) is 31.9. The van der Waals surface area contributed by atoms with Crippen LogP contribution in [-0.2, 0) is 0 Å². The average Bonchev–Trinajstić information content (AvgIpc) is 3.48. The van der Waals surface area contributed by atoms with Gasteiger partial charge in [-0.15, -0.1) is 0 Å². The van der Waals surface area contributed by atoms with Crippen LogP contribution in [-0.4, -0.2) is 44.1 Å². The number of aliphatic imine (C=N–C) groups is 1. The molecule has 1 aliphatic rings. The largest absolute Gasteiger partial charge is 0.444 e. The Bertz CT molecular complexity index is 1180. The van der Waals surface area contributed by atoms with Crippen LogP contribution in [0.4, 0.5) is 5.82 Å². The fourth-order valence-corrected chi connectivity index (χ4v) is 3.26. The van der Waals surface area contributed by atoms with Gasteiger partial charge in [-0.2, -0.15) is 0 Å². The van der Waals surface area contributed by atoms with Crippen molar-refractivity contribution in [3.63, 3.8) is 0 Å². The van der Waals surface area contributed by atoms with E-state index in [-0.39, 0.29) is 5.69 Å². The lowest BCUT2D eigenvalue weighted by Crippen LogP contribution is -2.22. The van der Waals surface area contributed by atoms with E-state index in [0.717, 1.165) is 29.3 Å². The Kier molecular flexibility index (Phi) is 3.93. The first-order valence-electron chi connectivity index (χ1n) is 8.92. The summed E-state index contributed by atoms with van der Waals surface area (Å²) in [6.07, 6.45) is 9.26. The number of carbonyl (C=O) groups excluding carboxylic acids is 1. The number of benzene rings is 1. The summed E-state index contributed by atoms with van der Waals surface area (Å²) < 4.78 is 7.35. The molecule has 138 valence electrons. The van der Waals surface area contributed by atoms with Gasteiger partial charge in [-0.1, -0.05) is 18.2 Å². The fraction of sp³-hybridized carbons (Fsp3) is 0.150. The quantitative estimate of drug-likeness (QED) is 0.549. The molecule has 8 nitrogen and oxygen atoms in total. The maximum atomic E-state index is 12.5. The molecule has 3 aromatic heterocycles. The number of nitrogens with zero attached hydrogens (tertiary/aromatic N) is 6. The van der Waals surface area contributed by atoms with Gasteiger partial charge in [0, 0.05) is 49.0 Å². The number of carbonyl (C=O) groups is 1. The summed E-state index contributed by atoms with van der Waals surface area (Å²) in [5, 5.41) is 0. The van der Waals surface area contributed by atoms with Crippen LogP contribution in [0, 0.1) is 0 Å². The van der Waals surface area contributed by atoms with Gasteiger partial charge in [-0.3, -0.25) is 4.79 Å². The van der Waals surface area contributed by atoms with E-state index in [4.69, 9.17) is 4.42 Å². The molecule has 4 heterocycles. The molecule has 1 aliphatic heterocycles. The van der Waals surface area contributed by atoms with Crippen LogP contribution in [0.5, 0.6) is 0 Å². The smallest absolute Gasteiger partial charge is 0.298 e. The van der Waals surface area contributed by atoms with Crippen LogP contribution < -0.4 is 4.90 Å². The zero-order valence-electron chi connectivity index (χ0n) is 14.9. The minimum Gasteiger partial charge on any atom is -0.444 e. The molecule has 1 fully saturated rings. The van der Waals surface area contributed by atoms with Gasteiger partial charge in [0.1, 0.15) is 6.26 Å². The summed E-state index contributed by atoms with van der Waals surface area (Å²) >= 11 is 0. The van der Waals surface area contributed by atoms with E-state index >= 15 is 0 Å². The monoisotopic (exact) mass is 372 g/mol. The Morgan fingerprint density at radius 3 is 2.79 bits per heavy atom. The van der Waals surface area contributed by atoms with Gasteiger partial charge < -0.3 is 13.7 Å². The predicted octanol–water partition coefficient (Wildman–Crippen LogP) is 2.88. The average molecular weight is 372 g/mol. The van der Waals surface area contributed by atoms with Crippen molar-refractivity contribution in [3.05, 3.63) is 67.1 Å². The van der Waals surface area contributed by atoms with E-state index < -0.39 is 5.91 Å². The molecule has 0 aliphatic carbocycles. The summed E-state index contributed by atoms with van der Waals surface area (Å²) in [6, 6.07) is 9.45. The van der Waals surface area contributed by atoms with Crippen molar-refractivity contribution in [2.24, 2.45) is 4.99 Å². The number of oxazole rings is 1. The van der Waals surface area contributed by atoms with Crippen LogP contribution in [0.1, 0.15) is 16.9 Å². The highest BCUT2D eigenvalue weighted by atomic mass is 16.3. The SMILES string of the molecule is O=C(N=C1CCN(c2nccn3ccnc23)C1)c1coc(-c2ccccc2)n1. The molecular formula is C20H16N6O2. The van der Waals surface area contributed by atoms with E-state index in [2.05, 4.69) is 24.8 Å². The number of fused-ring (bicyclic) bond motifs is 1. The van der Waals surface area contributed by atoms with Crippen LogP contribution in [0.25, 0.3) is 17.1 Å². The first-order valence-corrected chi connectivity index (χ1v) is 8.92. The van der Waals surface area contributed by atoms with Crippen molar-refractivity contribution in [2.45, 2.75) is 6.42 Å². The third kappa shape index (κ3) is 2.94. The summed E-state index contributed by atoms with van der Waals surface area (Å²) in [5.41, 5.74) is 2.61. The molecule has 28 heavy (non-hydrogen) atoms. The molecular weight excluding hydrogens is 356 g/mol. The molecule has 0 atom stereocenters. The number of aromatic nitrogens is 4. The molecule has 0 saturated carbocycles. The lowest BCUT2D eigenvalue weighted by atomic mass is 10.2. The number of hydrogen-bond donors (Lipinski definition) is 0. The van der Waals surface area contributed by atoms with Gasteiger partial charge in [-0.25, -0.2) is 19.9 Å². The maximum Gasteiger partial charge on any atom is 0.298 e. The zero-order chi connectivity index (χ0) is 18.9. The topological polar surface area (TPSA) is 88.9 Å². The third-order valence-electron chi connectivity index (χ3n) is 4.64. The Balaban J connectivity index is 1.34. The van der Waals surface area contributed by atoms with Crippen molar-refractivity contribution < 1.29 is 9.21 Å². The normalized spacial score (nSPS) is 15.6. The summed E-state index contributed by atoms with van der Waals surface area (Å²) in [5.74, 6) is 0.806. The molecule has 0 spiro atoms. The second-order valence-corrected chi connectivity index (χ2v) is 6.47. The Labute approximate surface area is 160 Å². The zero-order valence-corrected chi connectivity index (χ0v) is 14.9. The molecule has 5 rings (SSSR count). The van der Waals surface area contributed by atoms with Crippen molar-refractivity contribution in [2.75, 3.05) is 18.0 Å². The number of amides is 1. The van der Waals surface area contributed by atoms with Gasteiger partial charge in [0.15, 0.2) is 17.2 Å². The third-order valence-corrected chi connectivity index (χ3v) is 4.64. The van der Waals surface area contributed by atoms with E-state index in [1.807, 2.05) is 47.1 Å². The van der Waals surface area contributed by atoms with E-state index in [0.29, 0.717) is 18.9 Å². The van der Waals surface area contributed by atoms with Crippen molar-refractivity contribution in [1.29, 1.82) is 0 Å². The molecule has 0 radical (unpaired) electrons. The van der Waals surface area contributed by atoms with E-state index in [1.54, 1.807) is 12.4 Å². The molecule has 1 saturated heterocycles. The standard InChI is InChI=1S/C20H16N6O2/c27-19(16-13-28-20(24-16)14-4-2-1-3-5-14)23-15-6-9-26(12-15)18-17-21-7-10-25(17)11-8-22-18/h1-5,7-8,10-11,13H,6,9,12H2. The summed E-state index contributed by atoms with van der Waals surface area (Å²) in [7, 11) is 0. The molecule has 0 bridgehead atoms. The summed E-state index contributed by atoms with van der Waals surface area (Å²) in [6.45, 7) is 1.27. The van der Waals surface area contributed by atoms with E-state index in [1.165, 1.54) is 6.26 Å². The highest BCUT2D eigenvalue weighted by Gasteiger charge is 2.23. The number of hydrogen-bond acceptors (Lipinski definition) is 6. The minimum absolute atomic E-state index is 0.207. The number of anilines is 1. The highest BCUT2D eigenvalue weighted by Crippen LogP contribution is 2.22. The minimum atomic E-state index is -0.394. The van der Waals surface area contributed by atoms with Crippen molar-refractivity contribution >= 4 is 23.1 Å². The van der Waals surface area contributed by atoms with Crippen LogP contribution >= 0.6 is 0 Å². The number of rotatable bonds is 3. The van der Waals surface area contributed by atoms with Gasteiger partial charge in [-0.05, 0) is 12.1 Å². The molecule has 0 unspecified atom stereocenters. The first-order chi connectivity index (χ1) is 13.8. The molecule has 0 N–H and O–H groups in total. The maximum absolute atomic E-state index is 12.5. The van der Waals surface area contributed by atoms with Crippen molar-refractivity contribution in [1.82, 2.24) is 19.4 Å². The molecule has 8 heteroatoms. The van der Waals surface area contributed by atoms with Crippen LogP contribution in [0.3, 0.4) is 0 Å². The molecule has 1 amide bonds. The predicted molar refractivity (Wildman–Crippen MR) is 104 cm³/mol. The Morgan fingerprint density at radius 1 is 1.11 bits per heavy atom. The van der Waals surface area contributed by atoms with Crippen LogP contribution in [0.15, 0.2) is 70.8 Å². The van der Waals surface area contributed by atoms with Gasteiger partial charge in [0.05, 0.1) is 6.54 Å². The van der Waals surface area contributed by atoms with Gasteiger partial charge in [0.25, 0.3) is 5.91 Å². The van der Waals surface area contributed by atoms with Crippen molar-refractivity contribution in [3.8, 4) is 11.5 Å². The second-order valence-electron chi connectivity index (χ2n) is 6.47. The molecule has 1 aromatic carbocycles. The highest BCUT2D eigenvalue weighted by molar-refractivity contribution is 6.05. The van der Waals surface area contributed by atoms with E-state index in [9.17, 15) is 4.79 Å². The lowest BCUT2D eigenvalue weighted by Gasteiger charge is -2.15. The van der Waals surface area contributed by atoms with Gasteiger partial charge >= 0.3 is 0 Å².